The Morgan fingerprint density at radius 1 is 1.14 bits per heavy atom. The Kier molecular flexibility index (Phi) is 4.29. The SMILES string of the molecule is O=C(Nc1ccnn1Cc1cccc(Br)c1)c1ccccn1. The molecule has 6 heteroatoms. The van der Waals surface area contributed by atoms with Crippen LogP contribution < -0.4 is 5.32 Å². The van der Waals surface area contributed by atoms with Gasteiger partial charge in [-0.3, -0.25) is 9.78 Å². The summed E-state index contributed by atoms with van der Waals surface area (Å²) in [5.41, 5.74) is 1.46. The molecule has 0 aliphatic carbocycles. The third kappa shape index (κ3) is 3.40. The van der Waals surface area contributed by atoms with E-state index in [4.69, 9.17) is 0 Å². The molecule has 1 N–H and O–H groups in total. The number of benzene rings is 1. The lowest BCUT2D eigenvalue weighted by molar-refractivity contribution is 0.102. The second-order valence-electron chi connectivity index (χ2n) is 4.67. The van der Waals surface area contributed by atoms with Crippen LogP contribution in [0.3, 0.4) is 0 Å². The average Bonchev–Trinajstić information content (AvgIpc) is 2.95. The van der Waals surface area contributed by atoms with Gasteiger partial charge >= 0.3 is 0 Å². The van der Waals surface area contributed by atoms with Crippen LogP contribution >= 0.6 is 15.9 Å². The summed E-state index contributed by atoms with van der Waals surface area (Å²) in [5, 5.41) is 7.08. The molecule has 0 aliphatic rings. The fraction of sp³-hybridized carbons (Fsp3) is 0.0625. The average molecular weight is 357 g/mol. The molecule has 22 heavy (non-hydrogen) atoms. The number of hydrogen-bond acceptors (Lipinski definition) is 3. The maximum absolute atomic E-state index is 12.1. The van der Waals surface area contributed by atoms with Gasteiger partial charge in [0, 0.05) is 16.7 Å². The van der Waals surface area contributed by atoms with Crippen LogP contribution in [0.5, 0.6) is 0 Å². The highest BCUT2D eigenvalue weighted by molar-refractivity contribution is 9.10. The van der Waals surface area contributed by atoms with Crippen molar-refractivity contribution in [2.75, 3.05) is 5.32 Å². The minimum atomic E-state index is -0.253. The smallest absolute Gasteiger partial charge is 0.275 e. The van der Waals surface area contributed by atoms with Gasteiger partial charge in [-0.25, -0.2) is 4.68 Å². The number of aromatic nitrogens is 3. The fourth-order valence-corrected chi connectivity index (χ4v) is 2.50. The molecule has 0 atom stereocenters. The van der Waals surface area contributed by atoms with E-state index in [-0.39, 0.29) is 5.91 Å². The molecule has 1 aromatic carbocycles. The first-order valence-electron chi connectivity index (χ1n) is 6.71. The molecule has 0 saturated carbocycles. The van der Waals surface area contributed by atoms with Gasteiger partial charge < -0.3 is 5.32 Å². The van der Waals surface area contributed by atoms with Crippen molar-refractivity contribution in [3.8, 4) is 0 Å². The molecule has 0 spiro atoms. The third-order valence-corrected chi connectivity index (χ3v) is 3.57. The molecule has 3 aromatic rings. The highest BCUT2D eigenvalue weighted by Gasteiger charge is 2.10. The Morgan fingerprint density at radius 3 is 2.82 bits per heavy atom. The molecule has 0 radical (unpaired) electrons. The van der Waals surface area contributed by atoms with Crippen LogP contribution in [0.4, 0.5) is 5.82 Å². The fourth-order valence-electron chi connectivity index (χ4n) is 2.05. The lowest BCUT2D eigenvalue weighted by Crippen LogP contribution is -2.17. The van der Waals surface area contributed by atoms with Gasteiger partial charge in [0.25, 0.3) is 5.91 Å². The van der Waals surface area contributed by atoms with Crippen molar-refractivity contribution < 1.29 is 4.79 Å². The number of amides is 1. The molecule has 0 aliphatic heterocycles. The molecular weight excluding hydrogens is 344 g/mol. The molecule has 0 unspecified atom stereocenters. The van der Waals surface area contributed by atoms with Gasteiger partial charge in [0.05, 0.1) is 12.7 Å². The van der Waals surface area contributed by atoms with Crippen LogP contribution in [0, 0.1) is 0 Å². The van der Waals surface area contributed by atoms with E-state index < -0.39 is 0 Å². The highest BCUT2D eigenvalue weighted by atomic mass is 79.9. The number of pyridine rings is 1. The largest absolute Gasteiger partial charge is 0.305 e. The molecule has 5 nitrogen and oxygen atoms in total. The zero-order valence-corrected chi connectivity index (χ0v) is 13.2. The summed E-state index contributed by atoms with van der Waals surface area (Å²) in [7, 11) is 0. The van der Waals surface area contributed by atoms with Gasteiger partial charge in [0.2, 0.25) is 0 Å². The van der Waals surface area contributed by atoms with Crippen molar-refractivity contribution in [3.63, 3.8) is 0 Å². The van der Waals surface area contributed by atoms with E-state index in [0.717, 1.165) is 10.0 Å². The lowest BCUT2D eigenvalue weighted by Gasteiger charge is -2.09. The van der Waals surface area contributed by atoms with Crippen molar-refractivity contribution in [1.82, 2.24) is 14.8 Å². The Morgan fingerprint density at radius 2 is 2.05 bits per heavy atom. The summed E-state index contributed by atoms with van der Waals surface area (Å²) in [5.74, 6) is 0.382. The molecule has 2 heterocycles. The van der Waals surface area contributed by atoms with E-state index in [9.17, 15) is 4.79 Å². The molecule has 1 amide bonds. The Hall–Kier alpha value is -2.47. The molecule has 0 bridgehead atoms. The summed E-state index contributed by atoms with van der Waals surface area (Å²) >= 11 is 3.45. The summed E-state index contributed by atoms with van der Waals surface area (Å²) in [6, 6.07) is 15.0. The molecule has 2 aromatic heterocycles. The van der Waals surface area contributed by atoms with Gasteiger partial charge in [0.1, 0.15) is 11.5 Å². The second kappa shape index (κ2) is 6.53. The van der Waals surface area contributed by atoms with Crippen LogP contribution in [0.15, 0.2) is 65.4 Å². The van der Waals surface area contributed by atoms with E-state index in [1.165, 1.54) is 0 Å². The summed E-state index contributed by atoms with van der Waals surface area (Å²) in [6.45, 7) is 0.574. The number of anilines is 1. The van der Waals surface area contributed by atoms with E-state index in [1.807, 2.05) is 24.3 Å². The number of nitrogens with one attached hydrogen (secondary N) is 1. The topological polar surface area (TPSA) is 59.8 Å². The number of nitrogens with zero attached hydrogens (tertiary/aromatic N) is 3. The maximum atomic E-state index is 12.1. The number of hydrogen-bond donors (Lipinski definition) is 1. The van der Waals surface area contributed by atoms with Gasteiger partial charge in [-0.1, -0.05) is 34.1 Å². The normalized spacial score (nSPS) is 10.4. The molecule has 0 fully saturated rings. The maximum Gasteiger partial charge on any atom is 0.275 e. The van der Waals surface area contributed by atoms with Gasteiger partial charge in [0.15, 0.2) is 0 Å². The lowest BCUT2D eigenvalue weighted by atomic mass is 10.2. The van der Waals surface area contributed by atoms with Crippen molar-refractivity contribution in [3.05, 3.63) is 76.7 Å². The first-order valence-corrected chi connectivity index (χ1v) is 7.50. The van der Waals surface area contributed by atoms with Crippen LogP contribution in [0.25, 0.3) is 0 Å². The van der Waals surface area contributed by atoms with Crippen LogP contribution in [0.1, 0.15) is 16.1 Å². The number of rotatable bonds is 4. The molecular formula is C16H13BrN4O. The van der Waals surface area contributed by atoms with Crippen molar-refractivity contribution >= 4 is 27.7 Å². The Balaban J connectivity index is 1.76. The van der Waals surface area contributed by atoms with E-state index in [1.54, 1.807) is 41.3 Å². The minimum absolute atomic E-state index is 0.253. The predicted octanol–water partition coefficient (Wildman–Crippen LogP) is 3.34. The van der Waals surface area contributed by atoms with Crippen LogP contribution in [-0.4, -0.2) is 20.7 Å². The third-order valence-electron chi connectivity index (χ3n) is 3.08. The summed E-state index contributed by atoms with van der Waals surface area (Å²) < 4.78 is 2.75. The number of carbonyl (C=O) groups is 1. The zero-order chi connectivity index (χ0) is 15.4. The minimum Gasteiger partial charge on any atom is -0.305 e. The van der Waals surface area contributed by atoms with Crippen molar-refractivity contribution in [1.29, 1.82) is 0 Å². The zero-order valence-electron chi connectivity index (χ0n) is 11.6. The van der Waals surface area contributed by atoms with Crippen LogP contribution in [0.2, 0.25) is 0 Å². The number of halogens is 1. The molecule has 0 saturated heterocycles. The number of carbonyl (C=O) groups excluding carboxylic acids is 1. The van der Waals surface area contributed by atoms with E-state index in [0.29, 0.717) is 18.1 Å². The van der Waals surface area contributed by atoms with Crippen molar-refractivity contribution in [2.24, 2.45) is 0 Å². The van der Waals surface area contributed by atoms with Gasteiger partial charge in [-0.2, -0.15) is 5.10 Å². The van der Waals surface area contributed by atoms with Gasteiger partial charge in [-0.05, 0) is 29.8 Å². The van der Waals surface area contributed by atoms with Gasteiger partial charge in [-0.15, -0.1) is 0 Å². The quantitative estimate of drug-likeness (QED) is 0.779. The second-order valence-corrected chi connectivity index (χ2v) is 5.59. The standard InChI is InChI=1S/C16H13BrN4O/c17-13-5-3-4-12(10-13)11-21-15(7-9-19-21)20-16(22)14-6-1-2-8-18-14/h1-10H,11H2,(H,20,22). The Labute approximate surface area is 136 Å². The summed E-state index contributed by atoms with van der Waals surface area (Å²) in [6.07, 6.45) is 3.25. The first-order chi connectivity index (χ1) is 10.7. The highest BCUT2D eigenvalue weighted by Crippen LogP contribution is 2.15. The monoisotopic (exact) mass is 356 g/mol. The summed E-state index contributed by atoms with van der Waals surface area (Å²) in [4.78, 5) is 16.2. The van der Waals surface area contributed by atoms with Crippen LogP contribution in [-0.2, 0) is 6.54 Å². The molecule has 3 rings (SSSR count). The van der Waals surface area contributed by atoms with E-state index >= 15 is 0 Å². The predicted molar refractivity (Wildman–Crippen MR) is 87.7 cm³/mol. The molecule has 110 valence electrons. The van der Waals surface area contributed by atoms with Crippen molar-refractivity contribution in [2.45, 2.75) is 6.54 Å². The Bertz CT molecular complexity index is 786. The first kappa shape index (κ1) is 14.5. The van der Waals surface area contributed by atoms with E-state index in [2.05, 4.69) is 31.3 Å².